The zero-order valence-corrected chi connectivity index (χ0v) is 11.1. The fourth-order valence-electron chi connectivity index (χ4n) is 1.41. The highest BCUT2D eigenvalue weighted by molar-refractivity contribution is 6.35. The molecule has 3 nitrogen and oxygen atoms in total. The first-order valence-electron chi connectivity index (χ1n) is 5.27. The lowest BCUT2D eigenvalue weighted by atomic mass is 10.2. The van der Waals surface area contributed by atoms with E-state index in [1.807, 2.05) is 6.07 Å². The lowest BCUT2D eigenvalue weighted by Gasteiger charge is -2.06. The molecular weight excluding hydrogens is 285 g/mol. The molecule has 2 aromatic carbocycles. The van der Waals surface area contributed by atoms with Gasteiger partial charge in [0.15, 0.2) is 0 Å². The van der Waals surface area contributed by atoms with Gasteiger partial charge in [0.1, 0.15) is 5.75 Å². The second-order valence-corrected chi connectivity index (χ2v) is 4.49. The minimum absolute atomic E-state index is 0.193. The summed E-state index contributed by atoms with van der Waals surface area (Å²) < 4.78 is 5.14. The Morgan fingerprint density at radius 1 is 1.11 bits per heavy atom. The van der Waals surface area contributed by atoms with Gasteiger partial charge in [-0.3, -0.25) is 0 Å². The number of carbonyl (C=O) groups is 1. The van der Waals surface area contributed by atoms with Gasteiger partial charge >= 0.3 is 5.97 Å². The van der Waals surface area contributed by atoms with Crippen LogP contribution in [-0.4, -0.2) is 5.97 Å². The average molecular weight is 292 g/mol. The largest absolute Gasteiger partial charge is 0.423 e. The maximum atomic E-state index is 11.9. The summed E-state index contributed by atoms with van der Waals surface area (Å²) >= 11 is 11.7. The van der Waals surface area contributed by atoms with E-state index in [0.717, 1.165) is 0 Å². The smallest absolute Gasteiger partial charge is 0.345 e. The van der Waals surface area contributed by atoms with Crippen LogP contribution in [0.25, 0.3) is 0 Å². The molecule has 0 aliphatic rings. The van der Waals surface area contributed by atoms with Crippen molar-refractivity contribution in [3.05, 3.63) is 63.6 Å². The van der Waals surface area contributed by atoms with Gasteiger partial charge < -0.3 is 4.74 Å². The van der Waals surface area contributed by atoms with Gasteiger partial charge in [0, 0.05) is 5.02 Å². The SMILES string of the molecule is N#Cc1ccc(OC(=O)c2cc(Cl)ccc2Cl)cc1. The minimum Gasteiger partial charge on any atom is -0.423 e. The molecule has 0 saturated heterocycles. The molecule has 0 aromatic heterocycles. The highest BCUT2D eigenvalue weighted by atomic mass is 35.5. The van der Waals surface area contributed by atoms with Crippen LogP contribution in [0.4, 0.5) is 0 Å². The third kappa shape index (κ3) is 3.25. The first-order valence-corrected chi connectivity index (χ1v) is 6.03. The van der Waals surface area contributed by atoms with Crippen LogP contribution in [0.2, 0.25) is 10.0 Å². The molecule has 0 heterocycles. The molecule has 94 valence electrons. The third-order valence-electron chi connectivity index (χ3n) is 2.34. The topological polar surface area (TPSA) is 50.1 Å². The van der Waals surface area contributed by atoms with Crippen LogP contribution in [0.3, 0.4) is 0 Å². The summed E-state index contributed by atoms with van der Waals surface area (Å²) in [4.78, 5) is 11.9. The summed E-state index contributed by atoms with van der Waals surface area (Å²) in [6.07, 6.45) is 0. The fraction of sp³-hybridized carbons (Fsp3) is 0. The number of ether oxygens (including phenoxy) is 1. The van der Waals surface area contributed by atoms with Crippen LogP contribution >= 0.6 is 23.2 Å². The van der Waals surface area contributed by atoms with Crippen molar-refractivity contribution in [3.63, 3.8) is 0 Å². The van der Waals surface area contributed by atoms with Gasteiger partial charge in [0.05, 0.1) is 22.2 Å². The Morgan fingerprint density at radius 3 is 2.42 bits per heavy atom. The number of hydrogen-bond acceptors (Lipinski definition) is 3. The first kappa shape index (κ1) is 13.4. The van der Waals surface area contributed by atoms with Crippen LogP contribution in [0.15, 0.2) is 42.5 Å². The molecule has 2 rings (SSSR count). The summed E-state index contributed by atoms with van der Waals surface area (Å²) in [5.74, 6) is -0.266. The van der Waals surface area contributed by atoms with Crippen molar-refractivity contribution in [1.29, 1.82) is 5.26 Å². The van der Waals surface area contributed by atoms with Crippen LogP contribution in [0, 0.1) is 11.3 Å². The average Bonchev–Trinajstić information content (AvgIpc) is 2.42. The van der Waals surface area contributed by atoms with Crippen molar-refractivity contribution in [2.24, 2.45) is 0 Å². The van der Waals surface area contributed by atoms with E-state index in [1.165, 1.54) is 24.3 Å². The Bertz CT molecular complexity index is 660. The van der Waals surface area contributed by atoms with E-state index >= 15 is 0 Å². The molecule has 0 atom stereocenters. The zero-order chi connectivity index (χ0) is 13.8. The maximum absolute atomic E-state index is 11.9. The first-order chi connectivity index (χ1) is 9.10. The highest BCUT2D eigenvalue weighted by Gasteiger charge is 2.13. The fourth-order valence-corrected chi connectivity index (χ4v) is 1.78. The molecule has 0 aliphatic carbocycles. The lowest BCUT2D eigenvalue weighted by molar-refractivity contribution is 0.0735. The van der Waals surface area contributed by atoms with Gasteiger partial charge in [-0.1, -0.05) is 23.2 Å². The molecule has 5 heteroatoms. The predicted octanol–water partition coefficient (Wildman–Crippen LogP) is 4.08. The standard InChI is InChI=1S/C14H7Cl2NO2/c15-10-3-6-13(16)12(7-10)14(18)19-11-4-1-9(8-17)2-5-11/h1-7H. The van der Waals surface area contributed by atoms with Crippen LogP contribution in [0.1, 0.15) is 15.9 Å². The second kappa shape index (κ2) is 5.75. The number of nitrogens with zero attached hydrogens (tertiary/aromatic N) is 1. The Hall–Kier alpha value is -2.02. The number of carbonyl (C=O) groups excluding carboxylic acids is 1. The van der Waals surface area contributed by atoms with E-state index < -0.39 is 5.97 Å². The molecule has 0 amide bonds. The quantitative estimate of drug-likeness (QED) is 0.619. The summed E-state index contributed by atoms with van der Waals surface area (Å²) in [5.41, 5.74) is 0.680. The number of benzene rings is 2. The number of esters is 1. The summed E-state index contributed by atoms with van der Waals surface area (Å²) in [7, 11) is 0. The van der Waals surface area contributed by atoms with Crippen molar-refractivity contribution < 1.29 is 9.53 Å². The molecule has 0 bridgehead atoms. The van der Waals surface area contributed by atoms with Crippen LogP contribution in [0.5, 0.6) is 5.75 Å². The van der Waals surface area contributed by atoms with Crippen molar-refractivity contribution in [3.8, 4) is 11.8 Å². The molecule has 0 unspecified atom stereocenters. The van der Waals surface area contributed by atoms with Gasteiger partial charge in [-0.2, -0.15) is 5.26 Å². The van der Waals surface area contributed by atoms with Crippen molar-refractivity contribution in [2.45, 2.75) is 0 Å². The van der Waals surface area contributed by atoms with Crippen molar-refractivity contribution in [1.82, 2.24) is 0 Å². The molecule has 0 spiro atoms. The van der Waals surface area contributed by atoms with Gasteiger partial charge in [-0.15, -0.1) is 0 Å². The van der Waals surface area contributed by atoms with Gasteiger partial charge in [-0.05, 0) is 42.5 Å². The van der Waals surface area contributed by atoms with Gasteiger partial charge in [0.2, 0.25) is 0 Å². The van der Waals surface area contributed by atoms with E-state index in [4.69, 9.17) is 33.2 Å². The van der Waals surface area contributed by atoms with E-state index in [1.54, 1.807) is 18.2 Å². The normalized spacial score (nSPS) is 9.74. The molecule has 0 radical (unpaired) electrons. The van der Waals surface area contributed by atoms with E-state index in [2.05, 4.69) is 0 Å². The summed E-state index contributed by atoms with van der Waals surface area (Å²) in [5, 5.41) is 9.33. The van der Waals surface area contributed by atoms with E-state index in [9.17, 15) is 4.79 Å². The summed E-state index contributed by atoms with van der Waals surface area (Å²) in [6.45, 7) is 0. The summed E-state index contributed by atoms with van der Waals surface area (Å²) in [6, 6.07) is 12.7. The number of rotatable bonds is 2. The second-order valence-electron chi connectivity index (χ2n) is 3.65. The number of hydrogen-bond donors (Lipinski definition) is 0. The van der Waals surface area contributed by atoms with E-state index in [-0.39, 0.29) is 10.6 Å². The maximum Gasteiger partial charge on any atom is 0.345 e. The Labute approximate surface area is 119 Å². The number of halogens is 2. The molecule has 0 saturated carbocycles. The third-order valence-corrected chi connectivity index (χ3v) is 2.91. The molecule has 0 N–H and O–H groups in total. The van der Waals surface area contributed by atoms with Crippen molar-refractivity contribution in [2.75, 3.05) is 0 Å². The minimum atomic E-state index is -0.600. The van der Waals surface area contributed by atoms with Crippen molar-refractivity contribution >= 4 is 29.2 Å². The molecule has 0 aliphatic heterocycles. The zero-order valence-electron chi connectivity index (χ0n) is 9.56. The molecule has 19 heavy (non-hydrogen) atoms. The van der Waals surface area contributed by atoms with Crippen LogP contribution < -0.4 is 4.74 Å². The van der Waals surface area contributed by atoms with E-state index in [0.29, 0.717) is 16.3 Å². The van der Waals surface area contributed by atoms with Gasteiger partial charge in [-0.25, -0.2) is 4.79 Å². The van der Waals surface area contributed by atoms with Gasteiger partial charge in [0.25, 0.3) is 0 Å². The molecule has 0 fully saturated rings. The lowest BCUT2D eigenvalue weighted by Crippen LogP contribution is -2.09. The molecular formula is C14H7Cl2NO2. The Kier molecular flexibility index (Phi) is 4.06. The Balaban J connectivity index is 2.21. The number of nitriles is 1. The van der Waals surface area contributed by atoms with Crippen LogP contribution in [-0.2, 0) is 0 Å². The predicted molar refractivity (Wildman–Crippen MR) is 72.6 cm³/mol. The molecule has 2 aromatic rings. The highest BCUT2D eigenvalue weighted by Crippen LogP contribution is 2.22. The monoisotopic (exact) mass is 291 g/mol. The Morgan fingerprint density at radius 2 is 1.79 bits per heavy atom.